The van der Waals surface area contributed by atoms with Crippen LogP contribution in [0.15, 0.2) is 11.6 Å². The van der Waals surface area contributed by atoms with Gasteiger partial charge < -0.3 is 0 Å². The van der Waals surface area contributed by atoms with Gasteiger partial charge in [0.1, 0.15) is 0 Å². The van der Waals surface area contributed by atoms with E-state index in [1.807, 2.05) is 6.08 Å². The summed E-state index contributed by atoms with van der Waals surface area (Å²) in [4.78, 5) is 11.1. The highest BCUT2D eigenvalue weighted by atomic mass is 35.5. The highest BCUT2D eigenvalue weighted by Crippen LogP contribution is 2.16. The molecule has 0 amide bonds. The molecule has 0 bridgehead atoms. The monoisotopic (exact) mass is 158 g/mol. The van der Waals surface area contributed by atoms with Gasteiger partial charge in [-0.25, -0.2) is 0 Å². The van der Waals surface area contributed by atoms with E-state index in [4.69, 9.17) is 11.6 Å². The minimum Gasteiger partial charge on any atom is -0.295 e. The van der Waals surface area contributed by atoms with E-state index in [2.05, 4.69) is 0 Å². The normalized spacial score (nSPS) is 18.9. The minimum atomic E-state index is 0.298. The van der Waals surface area contributed by atoms with Gasteiger partial charge in [-0.2, -0.15) is 0 Å². The molecule has 2 heteroatoms. The van der Waals surface area contributed by atoms with Gasteiger partial charge in [0, 0.05) is 12.3 Å². The van der Waals surface area contributed by atoms with Crippen LogP contribution in [0.5, 0.6) is 0 Å². The van der Waals surface area contributed by atoms with Crippen molar-refractivity contribution in [3.05, 3.63) is 11.6 Å². The first-order chi connectivity index (χ1) is 4.84. The van der Waals surface area contributed by atoms with E-state index >= 15 is 0 Å². The molecule has 0 aromatic rings. The molecule has 0 N–H and O–H groups in total. The van der Waals surface area contributed by atoms with Crippen LogP contribution in [0, 0.1) is 0 Å². The highest BCUT2D eigenvalue weighted by Gasteiger charge is 2.11. The lowest BCUT2D eigenvalue weighted by Crippen LogP contribution is -2.07. The molecule has 10 heavy (non-hydrogen) atoms. The topological polar surface area (TPSA) is 17.1 Å². The maximum absolute atomic E-state index is 11.1. The van der Waals surface area contributed by atoms with Crippen LogP contribution in [0.4, 0.5) is 0 Å². The fourth-order valence-electron chi connectivity index (χ4n) is 1.16. The van der Waals surface area contributed by atoms with Crippen LogP contribution in [-0.4, -0.2) is 11.7 Å². The Morgan fingerprint density at radius 2 is 2.40 bits per heavy atom. The lowest BCUT2D eigenvalue weighted by Gasteiger charge is -2.08. The molecule has 0 heterocycles. The highest BCUT2D eigenvalue weighted by molar-refractivity contribution is 6.18. The van der Waals surface area contributed by atoms with Crippen molar-refractivity contribution in [3.8, 4) is 0 Å². The summed E-state index contributed by atoms with van der Waals surface area (Å²) in [6.07, 6.45) is 5.57. The maximum atomic E-state index is 11.1. The summed E-state index contributed by atoms with van der Waals surface area (Å²) in [7, 11) is 0. The Morgan fingerprint density at radius 3 is 3.00 bits per heavy atom. The SMILES string of the molecule is O=C1CCCC=C1CCCl. The Morgan fingerprint density at radius 1 is 1.60 bits per heavy atom. The minimum absolute atomic E-state index is 0.298. The van der Waals surface area contributed by atoms with E-state index in [0.29, 0.717) is 11.7 Å². The van der Waals surface area contributed by atoms with E-state index in [1.165, 1.54) is 0 Å². The Balaban J connectivity index is 2.53. The van der Waals surface area contributed by atoms with Crippen LogP contribution in [-0.2, 0) is 4.79 Å². The molecule has 1 aliphatic rings. The van der Waals surface area contributed by atoms with Gasteiger partial charge in [0.05, 0.1) is 0 Å². The van der Waals surface area contributed by atoms with Crippen LogP contribution in [0.3, 0.4) is 0 Å². The summed E-state index contributed by atoms with van der Waals surface area (Å²) < 4.78 is 0. The summed E-state index contributed by atoms with van der Waals surface area (Å²) >= 11 is 5.51. The van der Waals surface area contributed by atoms with Crippen molar-refractivity contribution in [2.45, 2.75) is 25.7 Å². The van der Waals surface area contributed by atoms with Crippen molar-refractivity contribution < 1.29 is 4.79 Å². The number of carbonyl (C=O) groups excluding carboxylic acids is 1. The number of rotatable bonds is 2. The van der Waals surface area contributed by atoms with Gasteiger partial charge in [-0.3, -0.25) is 4.79 Å². The molecule has 0 fully saturated rings. The fourth-order valence-corrected chi connectivity index (χ4v) is 1.36. The number of hydrogen-bond donors (Lipinski definition) is 0. The Bertz CT molecular complexity index is 161. The molecule has 1 rings (SSSR count). The predicted octanol–water partition coefficient (Wildman–Crippen LogP) is 2.29. The zero-order valence-electron chi connectivity index (χ0n) is 5.90. The van der Waals surface area contributed by atoms with Crippen molar-refractivity contribution in [3.63, 3.8) is 0 Å². The second kappa shape index (κ2) is 3.77. The second-order valence-corrected chi connectivity index (χ2v) is 2.86. The second-order valence-electron chi connectivity index (χ2n) is 2.48. The molecule has 56 valence electrons. The Hall–Kier alpha value is -0.300. The standard InChI is InChI=1S/C8H11ClO/c9-6-5-7-3-1-2-4-8(7)10/h3H,1-2,4-6H2. The number of carbonyl (C=O) groups is 1. The first kappa shape index (κ1) is 7.80. The lowest BCUT2D eigenvalue weighted by atomic mass is 9.96. The predicted molar refractivity (Wildman–Crippen MR) is 42.3 cm³/mol. The zero-order valence-corrected chi connectivity index (χ0v) is 6.66. The van der Waals surface area contributed by atoms with Gasteiger partial charge in [-0.15, -0.1) is 11.6 Å². The Labute approximate surface area is 66.1 Å². The fraction of sp³-hybridized carbons (Fsp3) is 0.625. The first-order valence-corrected chi connectivity index (χ1v) is 4.16. The Kier molecular flexibility index (Phi) is 2.94. The van der Waals surface area contributed by atoms with Crippen LogP contribution in [0.25, 0.3) is 0 Å². The molecule has 1 aliphatic carbocycles. The summed E-state index contributed by atoms with van der Waals surface area (Å²) in [6, 6.07) is 0. The third-order valence-electron chi connectivity index (χ3n) is 1.72. The molecule has 0 aromatic carbocycles. The average molecular weight is 159 g/mol. The molecule has 0 saturated heterocycles. The number of halogens is 1. The number of hydrogen-bond acceptors (Lipinski definition) is 1. The van der Waals surface area contributed by atoms with Crippen molar-refractivity contribution in [2.24, 2.45) is 0 Å². The molecular formula is C8H11ClO. The van der Waals surface area contributed by atoms with E-state index in [-0.39, 0.29) is 0 Å². The number of allylic oxidation sites excluding steroid dienone is 2. The molecule has 0 unspecified atom stereocenters. The van der Waals surface area contributed by atoms with Crippen LogP contribution >= 0.6 is 11.6 Å². The third kappa shape index (κ3) is 1.84. The third-order valence-corrected chi connectivity index (χ3v) is 1.91. The van der Waals surface area contributed by atoms with Crippen molar-refractivity contribution >= 4 is 17.4 Å². The van der Waals surface area contributed by atoms with Gasteiger partial charge in [-0.1, -0.05) is 6.08 Å². The molecule has 0 spiro atoms. The van der Waals surface area contributed by atoms with E-state index in [9.17, 15) is 4.79 Å². The van der Waals surface area contributed by atoms with Crippen LogP contribution in [0.1, 0.15) is 25.7 Å². The maximum Gasteiger partial charge on any atom is 0.158 e. The smallest absolute Gasteiger partial charge is 0.158 e. The van der Waals surface area contributed by atoms with Gasteiger partial charge in [0.25, 0.3) is 0 Å². The molecule has 0 saturated carbocycles. The van der Waals surface area contributed by atoms with Crippen molar-refractivity contribution in [1.82, 2.24) is 0 Å². The van der Waals surface area contributed by atoms with Gasteiger partial charge >= 0.3 is 0 Å². The summed E-state index contributed by atoms with van der Waals surface area (Å²) in [5, 5.41) is 0. The average Bonchev–Trinajstić information content (AvgIpc) is 1.94. The molecular weight excluding hydrogens is 148 g/mol. The number of alkyl halides is 1. The van der Waals surface area contributed by atoms with E-state index in [0.717, 1.165) is 31.3 Å². The summed E-state index contributed by atoms with van der Waals surface area (Å²) in [5.41, 5.74) is 0.946. The van der Waals surface area contributed by atoms with Gasteiger partial charge in [0.2, 0.25) is 0 Å². The van der Waals surface area contributed by atoms with Crippen LogP contribution in [0.2, 0.25) is 0 Å². The van der Waals surface area contributed by atoms with E-state index < -0.39 is 0 Å². The molecule has 0 radical (unpaired) electrons. The molecule has 1 nitrogen and oxygen atoms in total. The van der Waals surface area contributed by atoms with Gasteiger partial charge in [-0.05, 0) is 24.8 Å². The quantitative estimate of drug-likeness (QED) is 0.564. The largest absolute Gasteiger partial charge is 0.295 e. The molecule has 0 atom stereocenters. The molecule has 0 aliphatic heterocycles. The van der Waals surface area contributed by atoms with Crippen LogP contribution < -0.4 is 0 Å². The van der Waals surface area contributed by atoms with Crippen molar-refractivity contribution in [1.29, 1.82) is 0 Å². The lowest BCUT2D eigenvalue weighted by molar-refractivity contribution is -0.116. The number of Topliss-reactive ketones (excluding diaryl/α,β-unsaturated/α-hetero) is 1. The zero-order chi connectivity index (χ0) is 7.40. The number of ketones is 1. The molecule has 0 aromatic heterocycles. The van der Waals surface area contributed by atoms with E-state index in [1.54, 1.807) is 0 Å². The summed E-state index contributed by atoms with van der Waals surface area (Å²) in [6.45, 7) is 0. The summed E-state index contributed by atoms with van der Waals surface area (Å²) in [5.74, 6) is 0.865. The van der Waals surface area contributed by atoms with Crippen molar-refractivity contribution in [2.75, 3.05) is 5.88 Å². The first-order valence-electron chi connectivity index (χ1n) is 3.63. The van der Waals surface area contributed by atoms with Gasteiger partial charge in [0.15, 0.2) is 5.78 Å².